The first kappa shape index (κ1) is 10.5. The Morgan fingerprint density at radius 3 is 3.07 bits per heavy atom. The molecule has 2 aromatic heterocycles. The van der Waals surface area contributed by atoms with Crippen molar-refractivity contribution in [3.05, 3.63) is 35.4 Å². The Bertz CT molecular complexity index is 464. The number of halogens is 1. The lowest BCUT2D eigenvalue weighted by Crippen LogP contribution is -2.24. The zero-order chi connectivity index (χ0) is 10.8. The maximum absolute atomic E-state index is 5.95. The lowest BCUT2D eigenvalue weighted by molar-refractivity contribution is 0.590. The van der Waals surface area contributed by atoms with E-state index in [4.69, 9.17) is 11.6 Å². The third-order valence-electron chi connectivity index (χ3n) is 2.55. The molecule has 0 aliphatic carbocycles. The monoisotopic (exact) mass is 223 g/mol. The molecule has 2 rings (SSSR count). The molecule has 2 heterocycles. The predicted octanol–water partition coefficient (Wildman–Crippen LogP) is 2.14. The van der Waals surface area contributed by atoms with Gasteiger partial charge in [-0.1, -0.05) is 11.6 Å². The molecule has 1 atom stereocenters. The molecular formula is C11H14ClN3. The van der Waals surface area contributed by atoms with Crippen molar-refractivity contribution in [3.8, 4) is 0 Å². The zero-order valence-corrected chi connectivity index (χ0v) is 9.62. The van der Waals surface area contributed by atoms with Crippen LogP contribution in [0.3, 0.4) is 0 Å². The minimum Gasteiger partial charge on any atom is -0.317 e. The summed E-state index contributed by atoms with van der Waals surface area (Å²) in [6.07, 6.45) is 4.67. The fourth-order valence-corrected chi connectivity index (χ4v) is 1.71. The van der Waals surface area contributed by atoms with Gasteiger partial charge < -0.3 is 9.72 Å². The number of aromatic nitrogens is 2. The normalized spacial score (nSPS) is 13.3. The Hall–Kier alpha value is -1.06. The van der Waals surface area contributed by atoms with Gasteiger partial charge >= 0.3 is 0 Å². The highest BCUT2D eigenvalue weighted by atomic mass is 35.5. The first-order valence-electron chi connectivity index (χ1n) is 4.99. The van der Waals surface area contributed by atoms with Gasteiger partial charge in [0.1, 0.15) is 5.82 Å². The molecule has 0 amide bonds. The number of nitrogens with zero attached hydrogens (tertiary/aromatic N) is 2. The van der Waals surface area contributed by atoms with E-state index in [9.17, 15) is 0 Å². The smallest absolute Gasteiger partial charge is 0.114 e. The second-order valence-corrected chi connectivity index (χ2v) is 4.15. The number of imidazole rings is 1. The molecule has 1 N–H and O–H groups in total. The summed E-state index contributed by atoms with van der Waals surface area (Å²) in [4.78, 5) is 4.39. The van der Waals surface area contributed by atoms with Gasteiger partial charge in [0, 0.05) is 18.7 Å². The van der Waals surface area contributed by atoms with Crippen molar-refractivity contribution < 1.29 is 0 Å². The van der Waals surface area contributed by atoms with Crippen molar-refractivity contribution in [2.75, 3.05) is 7.05 Å². The van der Waals surface area contributed by atoms with E-state index >= 15 is 0 Å². The summed E-state index contributed by atoms with van der Waals surface area (Å²) in [5, 5.41) is 3.93. The topological polar surface area (TPSA) is 29.3 Å². The van der Waals surface area contributed by atoms with E-state index in [0.717, 1.165) is 22.8 Å². The van der Waals surface area contributed by atoms with Crippen molar-refractivity contribution in [3.63, 3.8) is 0 Å². The standard InChI is InChI=1S/C11H14ClN3/c1-8(13-2)5-11-14-6-10-4-3-9(12)7-15(10)11/h3-4,6-8,13H,5H2,1-2H3. The van der Waals surface area contributed by atoms with Gasteiger partial charge in [-0.3, -0.25) is 0 Å². The summed E-state index contributed by atoms with van der Waals surface area (Å²) in [7, 11) is 1.95. The summed E-state index contributed by atoms with van der Waals surface area (Å²) < 4.78 is 2.04. The molecule has 0 aromatic carbocycles. The summed E-state index contributed by atoms with van der Waals surface area (Å²) in [5.74, 6) is 1.04. The van der Waals surface area contributed by atoms with Crippen molar-refractivity contribution >= 4 is 17.1 Å². The molecule has 0 aliphatic heterocycles. The Morgan fingerprint density at radius 2 is 2.33 bits per heavy atom. The molecule has 0 radical (unpaired) electrons. The van der Waals surface area contributed by atoms with Crippen molar-refractivity contribution in [1.29, 1.82) is 0 Å². The molecule has 0 saturated carbocycles. The van der Waals surface area contributed by atoms with Crippen molar-refractivity contribution in [1.82, 2.24) is 14.7 Å². The fraction of sp³-hybridized carbons (Fsp3) is 0.364. The summed E-state index contributed by atoms with van der Waals surface area (Å²) >= 11 is 5.95. The average Bonchev–Trinajstić information content (AvgIpc) is 2.61. The minimum atomic E-state index is 0.412. The first-order chi connectivity index (χ1) is 7.20. The van der Waals surface area contributed by atoms with Crippen LogP contribution < -0.4 is 5.32 Å². The van der Waals surface area contributed by atoms with Gasteiger partial charge in [-0.2, -0.15) is 0 Å². The van der Waals surface area contributed by atoms with Crippen LogP contribution >= 0.6 is 11.6 Å². The number of rotatable bonds is 3. The third kappa shape index (κ3) is 2.13. The van der Waals surface area contributed by atoms with Gasteiger partial charge in [-0.25, -0.2) is 4.98 Å². The van der Waals surface area contributed by atoms with Crippen LogP contribution in [0.5, 0.6) is 0 Å². The van der Waals surface area contributed by atoms with Crippen LogP contribution in [0.15, 0.2) is 24.5 Å². The highest BCUT2D eigenvalue weighted by Crippen LogP contribution is 2.14. The van der Waals surface area contributed by atoms with Crippen LogP contribution in [0.25, 0.3) is 5.52 Å². The zero-order valence-electron chi connectivity index (χ0n) is 8.87. The van der Waals surface area contributed by atoms with Crippen LogP contribution in [0, 0.1) is 0 Å². The SMILES string of the molecule is CNC(C)Cc1ncc2ccc(Cl)cn12. The maximum Gasteiger partial charge on any atom is 0.114 e. The number of hydrogen-bond donors (Lipinski definition) is 1. The number of hydrogen-bond acceptors (Lipinski definition) is 2. The molecule has 0 spiro atoms. The van der Waals surface area contributed by atoms with Gasteiger partial charge in [0.05, 0.1) is 16.7 Å². The molecule has 3 nitrogen and oxygen atoms in total. The molecule has 1 unspecified atom stereocenters. The molecule has 80 valence electrons. The van der Waals surface area contributed by atoms with Crippen molar-refractivity contribution in [2.45, 2.75) is 19.4 Å². The van der Waals surface area contributed by atoms with E-state index in [-0.39, 0.29) is 0 Å². The highest BCUT2D eigenvalue weighted by molar-refractivity contribution is 6.30. The van der Waals surface area contributed by atoms with E-state index < -0.39 is 0 Å². The molecule has 0 bridgehead atoms. The Labute approximate surface area is 94.1 Å². The second kappa shape index (κ2) is 4.21. The molecule has 0 fully saturated rings. The molecule has 4 heteroatoms. The van der Waals surface area contributed by atoms with Gasteiger partial charge in [0.25, 0.3) is 0 Å². The van der Waals surface area contributed by atoms with Crippen LogP contribution in [-0.2, 0) is 6.42 Å². The van der Waals surface area contributed by atoms with E-state index in [1.54, 1.807) is 0 Å². The van der Waals surface area contributed by atoms with Crippen LogP contribution in [0.4, 0.5) is 0 Å². The molecular weight excluding hydrogens is 210 g/mol. The van der Waals surface area contributed by atoms with Crippen molar-refractivity contribution in [2.24, 2.45) is 0 Å². The quantitative estimate of drug-likeness (QED) is 0.864. The Morgan fingerprint density at radius 1 is 1.53 bits per heavy atom. The van der Waals surface area contributed by atoms with Crippen LogP contribution in [0.1, 0.15) is 12.7 Å². The van der Waals surface area contributed by atoms with Crippen LogP contribution in [0.2, 0.25) is 5.02 Å². The molecule has 0 aliphatic rings. The molecule has 0 saturated heterocycles. The lowest BCUT2D eigenvalue weighted by Gasteiger charge is -2.08. The summed E-state index contributed by atoms with van der Waals surface area (Å²) in [6, 6.07) is 4.27. The largest absolute Gasteiger partial charge is 0.317 e. The number of pyridine rings is 1. The fourth-order valence-electron chi connectivity index (χ4n) is 1.54. The van der Waals surface area contributed by atoms with Crippen LogP contribution in [-0.4, -0.2) is 22.5 Å². The minimum absolute atomic E-state index is 0.412. The van der Waals surface area contributed by atoms with E-state index in [0.29, 0.717) is 6.04 Å². The first-order valence-corrected chi connectivity index (χ1v) is 5.37. The average molecular weight is 224 g/mol. The molecule has 15 heavy (non-hydrogen) atoms. The summed E-state index contributed by atoms with van der Waals surface area (Å²) in [6.45, 7) is 2.13. The number of nitrogens with one attached hydrogen (secondary N) is 1. The lowest BCUT2D eigenvalue weighted by atomic mass is 10.2. The van der Waals surface area contributed by atoms with Gasteiger partial charge in [0.2, 0.25) is 0 Å². The van der Waals surface area contributed by atoms with E-state index in [1.807, 2.05) is 36.0 Å². The molecule has 2 aromatic rings. The van der Waals surface area contributed by atoms with Gasteiger partial charge in [-0.15, -0.1) is 0 Å². The third-order valence-corrected chi connectivity index (χ3v) is 2.77. The maximum atomic E-state index is 5.95. The number of likely N-dealkylation sites (N-methyl/N-ethyl adjacent to an activating group) is 1. The Balaban J connectivity index is 2.39. The van der Waals surface area contributed by atoms with E-state index in [2.05, 4.69) is 17.2 Å². The van der Waals surface area contributed by atoms with Gasteiger partial charge in [-0.05, 0) is 26.1 Å². The van der Waals surface area contributed by atoms with E-state index in [1.165, 1.54) is 0 Å². The number of fused-ring (bicyclic) bond motifs is 1. The summed E-state index contributed by atoms with van der Waals surface area (Å²) in [5.41, 5.74) is 1.08. The Kier molecular flexibility index (Phi) is 2.93. The van der Waals surface area contributed by atoms with Gasteiger partial charge in [0.15, 0.2) is 0 Å². The highest BCUT2D eigenvalue weighted by Gasteiger charge is 2.07. The predicted molar refractivity (Wildman–Crippen MR) is 62.4 cm³/mol. The second-order valence-electron chi connectivity index (χ2n) is 3.71.